The number of nitrogens with one attached hydrogen (secondary N) is 1. The van der Waals surface area contributed by atoms with Crippen molar-refractivity contribution >= 4 is 5.97 Å². The van der Waals surface area contributed by atoms with Crippen molar-refractivity contribution in [3.8, 4) is 0 Å². The number of hydrogen-bond donors (Lipinski definition) is 2. The zero-order valence-electron chi connectivity index (χ0n) is 12.0. The Morgan fingerprint density at radius 2 is 2.14 bits per heavy atom. The molecule has 0 aromatic carbocycles. The smallest absolute Gasteiger partial charge is 0.347 e. The molecule has 2 heterocycles. The van der Waals surface area contributed by atoms with Crippen molar-refractivity contribution in [3.63, 3.8) is 0 Å². The van der Waals surface area contributed by atoms with Crippen LogP contribution in [0.1, 0.15) is 29.2 Å². The average Bonchev–Trinajstić information content (AvgIpc) is 2.90. The fraction of sp³-hybridized carbons (Fsp3) is 0.462. The second-order valence-electron chi connectivity index (χ2n) is 4.77. The fourth-order valence-electron chi connectivity index (χ4n) is 2.27. The largest absolute Gasteiger partial charge is 0.481 e. The van der Waals surface area contributed by atoms with Crippen LogP contribution in [0.4, 0.5) is 0 Å². The van der Waals surface area contributed by atoms with Crippen LogP contribution in [0.3, 0.4) is 0 Å². The molecule has 21 heavy (non-hydrogen) atoms. The molecule has 8 nitrogen and oxygen atoms in total. The van der Waals surface area contributed by atoms with Crippen LogP contribution in [-0.4, -0.2) is 35.8 Å². The van der Waals surface area contributed by atoms with E-state index in [9.17, 15) is 9.59 Å². The van der Waals surface area contributed by atoms with Crippen LogP contribution in [0.15, 0.2) is 11.1 Å². The van der Waals surface area contributed by atoms with Crippen molar-refractivity contribution in [3.05, 3.63) is 39.6 Å². The summed E-state index contributed by atoms with van der Waals surface area (Å²) in [4.78, 5) is 30.7. The number of carboxylic acid groups (broad SMARTS) is 1. The fourth-order valence-corrected chi connectivity index (χ4v) is 2.27. The monoisotopic (exact) mass is 291 g/mol. The quantitative estimate of drug-likeness (QED) is 0.788. The van der Waals surface area contributed by atoms with Gasteiger partial charge in [0.2, 0.25) is 0 Å². The molecule has 112 valence electrons. The zero-order valence-corrected chi connectivity index (χ0v) is 12.0. The molecule has 0 saturated heterocycles. The van der Waals surface area contributed by atoms with Crippen LogP contribution in [0, 0.1) is 13.8 Å². The average molecular weight is 291 g/mol. The number of aryl methyl sites for hydroxylation is 2. The van der Waals surface area contributed by atoms with Crippen LogP contribution in [-0.2, 0) is 24.2 Å². The number of rotatable bonds is 6. The first-order valence-electron chi connectivity index (χ1n) is 6.62. The van der Waals surface area contributed by atoms with E-state index in [1.165, 1.54) is 6.33 Å². The molecule has 0 aliphatic carbocycles. The maximum Gasteiger partial charge on any atom is 0.347 e. The Hall–Kier alpha value is -2.51. The van der Waals surface area contributed by atoms with E-state index in [2.05, 4.69) is 20.2 Å². The molecule has 2 aromatic rings. The number of H-pyrrole nitrogens is 1. The van der Waals surface area contributed by atoms with E-state index < -0.39 is 5.97 Å². The van der Waals surface area contributed by atoms with Crippen molar-refractivity contribution in [2.45, 2.75) is 39.7 Å². The van der Waals surface area contributed by atoms with Gasteiger partial charge in [0, 0.05) is 30.8 Å². The van der Waals surface area contributed by atoms with Gasteiger partial charge < -0.3 is 5.11 Å². The first-order valence-corrected chi connectivity index (χ1v) is 6.62. The lowest BCUT2D eigenvalue weighted by atomic mass is 10.1. The van der Waals surface area contributed by atoms with Crippen molar-refractivity contribution in [1.29, 1.82) is 0 Å². The van der Waals surface area contributed by atoms with Gasteiger partial charge in [-0.05, 0) is 25.8 Å². The van der Waals surface area contributed by atoms with Crippen LogP contribution < -0.4 is 5.69 Å². The Morgan fingerprint density at radius 1 is 1.38 bits per heavy atom. The van der Waals surface area contributed by atoms with Crippen LogP contribution in [0.5, 0.6) is 0 Å². The maximum absolute atomic E-state index is 12.0. The topological polar surface area (TPSA) is 114 Å². The Morgan fingerprint density at radius 3 is 2.76 bits per heavy atom. The van der Waals surface area contributed by atoms with Crippen LogP contribution in [0.2, 0.25) is 0 Å². The summed E-state index contributed by atoms with van der Waals surface area (Å²) < 4.78 is 1.55. The van der Waals surface area contributed by atoms with Crippen molar-refractivity contribution in [1.82, 2.24) is 24.7 Å². The second-order valence-corrected chi connectivity index (χ2v) is 4.77. The van der Waals surface area contributed by atoms with Crippen molar-refractivity contribution < 1.29 is 9.90 Å². The van der Waals surface area contributed by atoms with Gasteiger partial charge in [-0.15, -0.1) is 0 Å². The van der Waals surface area contributed by atoms with E-state index in [4.69, 9.17) is 5.11 Å². The zero-order chi connectivity index (χ0) is 15.4. The van der Waals surface area contributed by atoms with E-state index in [0.29, 0.717) is 30.9 Å². The molecule has 2 aromatic heterocycles. The molecule has 0 saturated carbocycles. The molecule has 0 bridgehead atoms. The molecule has 0 aliphatic rings. The molecule has 0 radical (unpaired) electrons. The summed E-state index contributed by atoms with van der Waals surface area (Å²) in [5.41, 5.74) is 1.83. The van der Waals surface area contributed by atoms with E-state index in [-0.39, 0.29) is 12.1 Å². The van der Waals surface area contributed by atoms with E-state index in [0.717, 1.165) is 11.3 Å². The first kappa shape index (κ1) is 14.9. The summed E-state index contributed by atoms with van der Waals surface area (Å²) in [5, 5.41) is 15.3. The minimum atomic E-state index is -0.867. The summed E-state index contributed by atoms with van der Waals surface area (Å²) in [6.07, 6.45) is 2.33. The van der Waals surface area contributed by atoms with E-state index >= 15 is 0 Å². The Kier molecular flexibility index (Phi) is 4.46. The number of carbonyl (C=O) groups is 1. The van der Waals surface area contributed by atoms with Crippen molar-refractivity contribution in [2.24, 2.45) is 0 Å². The minimum Gasteiger partial charge on any atom is -0.481 e. The van der Waals surface area contributed by atoms with Gasteiger partial charge in [-0.25, -0.2) is 9.78 Å². The van der Waals surface area contributed by atoms with Gasteiger partial charge in [0.15, 0.2) is 0 Å². The Bertz CT molecular complexity index is 691. The first-order chi connectivity index (χ1) is 9.99. The van der Waals surface area contributed by atoms with Crippen LogP contribution >= 0.6 is 0 Å². The van der Waals surface area contributed by atoms with Gasteiger partial charge in [0.05, 0.1) is 0 Å². The molecule has 8 heteroatoms. The standard InChI is InChI=1S/C13H17N5O3/c1-8-10(3-4-12(19)20)9(2)18(13(21)16-8)6-5-11-14-7-15-17-11/h7H,3-6H2,1-2H3,(H,19,20)(H,14,15,17). The van der Waals surface area contributed by atoms with Gasteiger partial charge in [-0.3, -0.25) is 14.5 Å². The number of nitrogens with zero attached hydrogens (tertiary/aromatic N) is 4. The Labute approximate surface area is 120 Å². The summed E-state index contributed by atoms with van der Waals surface area (Å²) >= 11 is 0. The predicted octanol–water partition coefficient (Wildman–Crippen LogP) is 0.238. The highest BCUT2D eigenvalue weighted by molar-refractivity contribution is 5.67. The van der Waals surface area contributed by atoms with Crippen LogP contribution in [0.25, 0.3) is 0 Å². The molecule has 2 rings (SSSR count). The number of aromatic amines is 1. The van der Waals surface area contributed by atoms with Crippen molar-refractivity contribution in [2.75, 3.05) is 0 Å². The predicted molar refractivity (Wildman–Crippen MR) is 74.0 cm³/mol. The number of aromatic nitrogens is 5. The maximum atomic E-state index is 12.0. The molecular weight excluding hydrogens is 274 g/mol. The highest BCUT2D eigenvalue weighted by Gasteiger charge is 2.13. The lowest BCUT2D eigenvalue weighted by Gasteiger charge is -2.14. The van der Waals surface area contributed by atoms with E-state index in [1.54, 1.807) is 11.5 Å². The van der Waals surface area contributed by atoms with Gasteiger partial charge in [-0.2, -0.15) is 10.1 Å². The molecule has 0 atom stereocenters. The third-order valence-electron chi connectivity index (χ3n) is 3.40. The van der Waals surface area contributed by atoms with Gasteiger partial charge >= 0.3 is 11.7 Å². The second kappa shape index (κ2) is 6.29. The Balaban J connectivity index is 2.25. The summed E-state index contributed by atoms with van der Waals surface area (Å²) in [5.74, 6) is -0.179. The molecule has 0 unspecified atom stereocenters. The van der Waals surface area contributed by atoms with Gasteiger partial charge in [0.1, 0.15) is 12.2 Å². The summed E-state index contributed by atoms with van der Waals surface area (Å²) in [6, 6.07) is 0. The molecule has 2 N–H and O–H groups in total. The molecule has 0 aliphatic heterocycles. The highest BCUT2D eigenvalue weighted by Crippen LogP contribution is 2.12. The lowest BCUT2D eigenvalue weighted by Crippen LogP contribution is -2.28. The minimum absolute atomic E-state index is 0.0175. The van der Waals surface area contributed by atoms with Gasteiger partial charge in [0.25, 0.3) is 0 Å². The molecular formula is C13H17N5O3. The third-order valence-corrected chi connectivity index (χ3v) is 3.40. The number of hydrogen-bond acceptors (Lipinski definition) is 5. The lowest BCUT2D eigenvalue weighted by molar-refractivity contribution is -0.136. The molecule has 0 fully saturated rings. The van der Waals surface area contributed by atoms with E-state index in [1.807, 2.05) is 6.92 Å². The summed E-state index contributed by atoms with van der Waals surface area (Å²) in [7, 11) is 0. The number of carboxylic acids is 1. The highest BCUT2D eigenvalue weighted by atomic mass is 16.4. The molecule has 0 spiro atoms. The molecule has 0 amide bonds. The SMILES string of the molecule is Cc1nc(=O)n(CCc2ncn[nH]2)c(C)c1CCC(=O)O. The number of aliphatic carboxylic acids is 1. The summed E-state index contributed by atoms with van der Waals surface area (Å²) in [6.45, 7) is 3.97. The normalized spacial score (nSPS) is 10.8. The van der Waals surface area contributed by atoms with Gasteiger partial charge in [-0.1, -0.05) is 0 Å². The third kappa shape index (κ3) is 3.53.